The van der Waals surface area contributed by atoms with Crippen molar-refractivity contribution in [1.29, 1.82) is 0 Å². The molecule has 0 fully saturated rings. The van der Waals surface area contributed by atoms with Gasteiger partial charge in [0.15, 0.2) is 11.8 Å². The third kappa shape index (κ3) is 5.03. The number of benzene rings is 2. The number of rotatable bonds is 6. The Kier molecular flexibility index (Phi) is 6.48. The summed E-state index contributed by atoms with van der Waals surface area (Å²) in [7, 11) is 0. The van der Waals surface area contributed by atoms with Gasteiger partial charge in [-0.25, -0.2) is 0 Å². The first-order chi connectivity index (χ1) is 15.1. The molecular formula is C25H28N3O3+. The Morgan fingerprint density at radius 3 is 2.45 bits per heavy atom. The van der Waals surface area contributed by atoms with E-state index in [0.29, 0.717) is 6.54 Å². The third-order valence-electron chi connectivity index (χ3n) is 5.95. The van der Waals surface area contributed by atoms with Crippen LogP contribution in [0.2, 0.25) is 0 Å². The lowest BCUT2D eigenvalue weighted by Gasteiger charge is -2.31. The zero-order valence-electron chi connectivity index (χ0n) is 17.6. The van der Waals surface area contributed by atoms with Crippen molar-refractivity contribution < 1.29 is 18.9 Å². The van der Waals surface area contributed by atoms with Gasteiger partial charge in [0.05, 0.1) is 25.4 Å². The fourth-order valence-electron chi connectivity index (χ4n) is 4.20. The van der Waals surface area contributed by atoms with Gasteiger partial charge >= 0.3 is 11.8 Å². The molecule has 6 heteroatoms. The van der Waals surface area contributed by atoms with Crippen LogP contribution in [0.5, 0.6) is 0 Å². The number of furan rings is 1. The van der Waals surface area contributed by atoms with Gasteiger partial charge in [-0.1, -0.05) is 54.6 Å². The maximum absolute atomic E-state index is 12.5. The summed E-state index contributed by atoms with van der Waals surface area (Å²) < 4.78 is 5.68. The lowest BCUT2D eigenvalue weighted by atomic mass is 9.98. The number of hydrogen-bond acceptors (Lipinski definition) is 3. The van der Waals surface area contributed by atoms with Crippen LogP contribution in [0, 0.1) is 0 Å². The molecule has 0 aliphatic carbocycles. The lowest BCUT2D eigenvalue weighted by Crippen LogP contribution is -3.12. The fourth-order valence-corrected chi connectivity index (χ4v) is 4.20. The molecule has 1 aliphatic rings. The number of quaternary nitrogens is 1. The highest BCUT2D eigenvalue weighted by Crippen LogP contribution is 2.16. The lowest BCUT2D eigenvalue weighted by molar-refractivity contribution is -0.946. The SMILES string of the molecule is C[C@@H](NC(=O)C(=O)NC[C@H](c1ccco1)[NH+]1CCc2ccccc2C1)c1ccccc1. The maximum Gasteiger partial charge on any atom is 0.309 e. The first kappa shape index (κ1) is 20.9. The summed E-state index contributed by atoms with van der Waals surface area (Å²) in [6.07, 6.45) is 2.63. The van der Waals surface area contributed by atoms with Crippen molar-refractivity contribution in [1.82, 2.24) is 10.6 Å². The van der Waals surface area contributed by atoms with Crippen molar-refractivity contribution in [2.75, 3.05) is 13.1 Å². The summed E-state index contributed by atoms with van der Waals surface area (Å²) in [4.78, 5) is 26.2. The Balaban J connectivity index is 1.39. The van der Waals surface area contributed by atoms with E-state index < -0.39 is 11.8 Å². The topological polar surface area (TPSA) is 75.8 Å². The Morgan fingerprint density at radius 2 is 1.71 bits per heavy atom. The molecule has 1 aliphatic heterocycles. The molecule has 3 N–H and O–H groups in total. The molecule has 0 spiro atoms. The van der Waals surface area contributed by atoms with Crippen molar-refractivity contribution >= 4 is 11.8 Å². The second-order valence-electron chi connectivity index (χ2n) is 7.99. The highest BCUT2D eigenvalue weighted by atomic mass is 16.3. The number of amides is 2. The molecule has 6 nitrogen and oxygen atoms in total. The molecule has 3 atom stereocenters. The van der Waals surface area contributed by atoms with Crippen LogP contribution in [-0.2, 0) is 22.6 Å². The minimum Gasteiger partial charge on any atom is -0.463 e. The molecule has 2 aromatic carbocycles. The van der Waals surface area contributed by atoms with Crippen molar-refractivity contribution in [2.45, 2.75) is 32.0 Å². The summed E-state index contributed by atoms with van der Waals surface area (Å²) in [5.74, 6) is -0.447. The molecule has 0 saturated carbocycles. The van der Waals surface area contributed by atoms with Gasteiger partial charge in [0.25, 0.3) is 0 Å². The minimum absolute atomic E-state index is 0.0633. The van der Waals surface area contributed by atoms with Crippen LogP contribution in [0.3, 0.4) is 0 Å². The molecule has 1 unspecified atom stereocenters. The van der Waals surface area contributed by atoms with Gasteiger partial charge in [0.1, 0.15) is 6.54 Å². The third-order valence-corrected chi connectivity index (χ3v) is 5.95. The fraction of sp³-hybridized carbons (Fsp3) is 0.280. The highest BCUT2D eigenvalue weighted by Gasteiger charge is 2.31. The van der Waals surface area contributed by atoms with E-state index in [1.165, 1.54) is 16.0 Å². The molecule has 0 radical (unpaired) electrons. The summed E-state index contributed by atoms with van der Waals surface area (Å²) in [6, 6.07) is 21.5. The average Bonchev–Trinajstić information content (AvgIpc) is 3.34. The standard InChI is InChI=1S/C25H27N3O3/c1-18(19-8-3-2-4-9-19)27-25(30)24(29)26-16-22(23-12-7-15-31-23)28-14-13-20-10-5-6-11-21(20)17-28/h2-12,15,18,22H,13-14,16-17H2,1H3,(H,26,29)(H,27,30)/p+1/t18-,22-/m1/s1. The van der Waals surface area contributed by atoms with Crippen LogP contribution in [0.15, 0.2) is 77.4 Å². The predicted molar refractivity (Wildman–Crippen MR) is 117 cm³/mol. The Bertz CT molecular complexity index is 1020. The first-order valence-corrected chi connectivity index (χ1v) is 10.7. The van der Waals surface area contributed by atoms with Crippen LogP contribution < -0.4 is 15.5 Å². The molecule has 3 aromatic rings. The van der Waals surface area contributed by atoms with E-state index in [1.807, 2.05) is 49.4 Å². The first-order valence-electron chi connectivity index (χ1n) is 10.7. The van der Waals surface area contributed by atoms with Crippen LogP contribution in [0.4, 0.5) is 0 Å². The largest absolute Gasteiger partial charge is 0.463 e. The van der Waals surface area contributed by atoms with E-state index in [9.17, 15) is 9.59 Å². The number of carbonyl (C=O) groups excluding carboxylic acids is 2. The van der Waals surface area contributed by atoms with Crippen LogP contribution in [-0.4, -0.2) is 24.9 Å². The molecule has 160 valence electrons. The van der Waals surface area contributed by atoms with Crippen LogP contribution >= 0.6 is 0 Å². The van der Waals surface area contributed by atoms with Crippen molar-refractivity contribution in [3.8, 4) is 0 Å². The molecule has 2 amide bonds. The second-order valence-corrected chi connectivity index (χ2v) is 7.99. The number of carbonyl (C=O) groups is 2. The molecule has 31 heavy (non-hydrogen) atoms. The Hall–Kier alpha value is -3.38. The summed E-state index contributed by atoms with van der Waals surface area (Å²) >= 11 is 0. The highest BCUT2D eigenvalue weighted by molar-refractivity contribution is 6.35. The summed E-state index contributed by atoms with van der Waals surface area (Å²) in [6.45, 7) is 3.99. The monoisotopic (exact) mass is 418 g/mol. The van der Waals surface area contributed by atoms with Gasteiger partial charge in [-0.3, -0.25) is 9.59 Å². The number of hydrogen-bond donors (Lipinski definition) is 3. The zero-order chi connectivity index (χ0) is 21.6. The van der Waals surface area contributed by atoms with E-state index >= 15 is 0 Å². The van der Waals surface area contributed by atoms with E-state index in [2.05, 4.69) is 34.9 Å². The molecule has 4 rings (SSSR count). The van der Waals surface area contributed by atoms with Crippen molar-refractivity contribution in [3.05, 3.63) is 95.4 Å². The number of fused-ring (bicyclic) bond motifs is 1. The second kappa shape index (κ2) is 9.62. The Labute approximate surface area is 182 Å². The predicted octanol–water partition coefficient (Wildman–Crippen LogP) is 1.96. The van der Waals surface area contributed by atoms with Gasteiger partial charge < -0.3 is 20.0 Å². The van der Waals surface area contributed by atoms with E-state index in [0.717, 1.165) is 30.8 Å². The molecule has 2 heterocycles. The van der Waals surface area contributed by atoms with Gasteiger partial charge in [-0.2, -0.15) is 0 Å². The molecular weight excluding hydrogens is 390 g/mol. The maximum atomic E-state index is 12.5. The van der Waals surface area contributed by atoms with E-state index in [1.54, 1.807) is 6.26 Å². The summed E-state index contributed by atoms with van der Waals surface area (Å²) in [5.41, 5.74) is 3.65. The van der Waals surface area contributed by atoms with Crippen molar-refractivity contribution in [2.24, 2.45) is 0 Å². The van der Waals surface area contributed by atoms with Crippen molar-refractivity contribution in [3.63, 3.8) is 0 Å². The smallest absolute Gasteiger partial charge is 0.309 e. The van der Waals surface area contributed by atoms with E-state index in [4.69, 9.17) is 4.42 Å². The van der Waals surface area contributed by atoms with Crippen LogP contribution in [0.25, 0.3) is 0 Å². The number of nitrogens with one attached hydrogen (secondary N) is 3. The van der Waals surface area contributed by atoms with E-state index in [-0.39, 0.29) is 12.1 Å². The summed E-state index contributed by atoms with van der Waals surface area (Å²) in [5, 5.41) is 5.58. The van der Waals surface area contributed by atoms with Crippen LogP contribution in [0.1, 0.15) is 41.5 Å². The average molecular weight is 419 g/mol. The Morgan fingerprint density at radius 1 is 0.968 bits per heavy atom. The quantitative estimate of drug-likeness (QED) is 0.536. The molecule has 1 aromatic heterocycles. The molecule has 0 bridgehead atoms. The normalized spacial score (nSPS) is 17.3. The van der Waals surface area contributed by atoms with Gasteiger partial charge in [0.2, 0.25) is 0 Å². The van der Waals surface area contributed by atoms with Gasteiger partial charge in [0, 0.05) is 12.0 Å². The minimum atomic E-state index is -0.631. The molecule has 0 saturated heterocycles. The van der Waals surface area contributed by atoms with Gasteiger partial charge in [-0.05, 0) is 30.2 Å². The zero-order valence-corrected chi connectivity index (χ0v) is 17.6. The van der Waals surface area contributed by atoms with Gasteiger partial charge in [-0.15, -0.1) is 0 Å².